The number of aromatic nitrogens is 1. The minimum absolute atomic E-state index is 1.08. The van der Waals surface area contributed by atoms with Crippen LogP contribution in [0, 0.1) is 0 Å². The Morgan fingerprint density at radius 1 is 1.67 bits per heavy atom. The smallest absolute Gasteiger partial charge is 0.164 e. The third-order valence-corrected chi connectivity index (χ3v) is 1.50. The Morgan fingerprint density at radius 3 is 2.89 bits per heavy atom. The van der Waals surface area contributed by atoms with Crippen molar-refractivity contribution in [2.24, 2.45) is 0 Å². The van der Waals surface area contributed by atoms with Gasteiger partial charge in [0.25, 0.3) is 0 Å². The second-order valence-corrected chi connectivity index (χ2v) is 2.10. The summed E-state index contributed by atoms with van der Waals surface area (Å²) in [5.41, 5.74) is 2.50. The predicted molar refractivity (Wildman–Crippen MR) is 41.8 cm³/mol. The Bertz CT molecular complexity index is 198. The van der Waals surface area contributed by atoms with Gasteiger partial charge < -0.3 is 0 Å². The van der Waals surface area contributed by atoms with Crippen molar-refractivity contribution in [2.75, 3.05) is 0 Å². The van der Waals surface area contributed by atoms with E-state index in [4.69, 9.17) is 0 Å². The summed E-state index contributed by atoms with van der Waals surface area (Å²) in [6.07, 6.45) is 2.91. The van der Waals surface area contributed by atoms with Crippen molar-refractivity contribution < 1.29 is 0 Å². The number of rotatable bonds is 1. The standard InChI is InChI=1S/C7H10BN/c1-2-6-4-3-5-9-7(6)8/h3-5H,2,8H2,1H3. The van der Waals surface area contributed by atoms with Gasteiger partial charge in [-0.2, -0.15) is 0 Å². The summed E-state index contributed by atoms with van der Waals surface area (Å²) in [4.78, 5) is 4.15. The van der Waals surface area contributed by atoms with Gasteiger partial charge in [0.05, 0.1) is 0 Å². The van der Waals surface area contributed by atoms with E-state index < -0.39 is 0 Å². The van der Waals surface area contributed by atoms with E-state index in [9.17, 15) is 0 Å². The number of hydrogen-bond donors (Lipinski definition) is 0. The Labute approximate surface area is 56.5 Å². The van der Waals surface area contributed by atoms with E-state index in [0.717, 1.165) is 12.0 Å². The highest BCUT2D eigenvalue weighted by Crippen LogP contribution is 1.90. The maximum atomic E-state index is 4.15. The first-order valence-corrected chi connectivity index (χ1v) is 3.25. The van der Waals surface area contributed by atoms with Gasteiger partial charge in [0.2, 0.25) is 0 Å². The van der Waals surface area contributed by atoms with Gasteiger partial charge in [-0.3, -0.25) is 4.98 Å². The second kappa shape index (κ2) is 2.67. The van der Waals surface area contributed by atoms with Crippen molar-refractivity contribution in [2.45, 2.75) is 13.3 Å². The first kappa shape index (κ1) is 6.34. The molecule has 1 aromatic rings. The van der Waals surface area contributed by atoms with E-state index in [-0.39, 0.29) is 0 Å². The molecule has 0 unspecified atom stereocenters. The molecule has 0 fully saturated rings. The molecule has 0 N–H and O–H groups in total. The summed E-state index contributed by atoms with van der Waals surface area (Å²) in [6.45, 7) is 2.14. The molecule has 0 saturated carbocycles. The van der Waals surface area contributed by atoms with Crippen LogP contribution >= 0.6 is 0 Å². The first-order valence-electron chi connectivity index (χ1n) is 3.25. The lowest BCUT2D eigenvalue weighted by Gasteiger charge is -1.97. The molecule has 0 aliphatic heterocycles. The van der Waals surface area contributed by atoms with Crippen molar-refractivity contribution in [1.82, 2.24) is 4.98 Å². The molecule has 0 spiro atoms. The molecular weight excluding hydrogens is 109 g/mol. The molecule has 1 rings (SSSR count). The maximum Gasteiger partial charge on any atom is 0.164 e. The third kappa shape index (κ3) is 1.32. The van der Waals surface area contributed by atoms with Crippen molar-refractivity contribution in [3.05, 3.63) is 23.9 Å². The van der Waals surface area contributed by atoms with Crippen molar-refractivity contribution >= 4 is 13.4 Å². The van der Waals surface area contributed by atoms with Crippen LogP contribution in [0.1, 0.15) is 12.5 Å². The average Bonchev–Trinajstić information content (AvgIpc) is 1.89. The van der Waals surface area contributed by atoms with Gasteiger partial charge >= 0.3 is 0 Å². The Hall–Kier alpha value is -0.785. The quantitative estimate of drug-likeness (QED) is 0.470. The van der Waals surface area contributed by atoms with Crippen LogP contribution in [0.15, 0.2) is 18.3 Å². The minimum Gasteiger partial charge on any atom is -0.272 e. The van der Waals surface area contributed by atoms with E-state index in [0.29, 0.717) is 0 Å². The Morgan fingerprint density at radius 2 is 2.44 bits per heavy atom. The fourth-order valence-electron chi connectivity index (χ4n) is 0.891. The summed E-state index contributed by atoms with van der Waals surface area (Å²) < 4.78 is 0. The average molecular weight is 119 g/mol. The monoisotopic (exact) mass is 119 g/mol. The second-order valence-electron chi connectivity index (χ2n) is 2.10. The molecule has 1 heterocycles. The fourth-order valence-corrected chi connectivity index (χ4v) is 0.891. The van der Waals surface area contributed by atoms with Gasteiger partial charge in [-0.05, 0) is 23.6 Å². The van der Waals surface area contributed by atoms with Gasteiger partial charge in [-0.15, -0.1) is 0 Å². The SMILES string of the molecule is Bc1ncccc1CC. The Balaban J connectivity index is 3.01. The van der Waals surface area contributed by atoms with Gasteiger partial charge in [0, 0.05) is 6.20 Å². The lowest BCUT2D eigenvalue weighted by molar-refractivity contribution is 1.13. The zero-order chi connectivity index (χ0) is 6.69. The number of aryl methyl sites for hydroxylation is 1. The van der Waals surface area contributed by atoms with E-state index in [2.05, 4.69) is 18.0 Å². The van der Waals surface area contributed by atoms with Crippen molar-refractivity contribution in [1.29, 1.82) is 0 Å². The largest absolute Gasteiger partial charge is 0.272 e. The van der Waals surface area contributed by atoms with Crippen LogP contribution in [-0.2, 0) is 6.42 Å². The third-order valence-electron chi connectivity index (χ3n) is 1.50. The predicted octanol–water partition coefficient (Wildman–Crippen LogP) is -0.0976. The number of nitrogens with zero attached hydrogens (tertiary/aromatic N) is 1. The fraction of sp³-hybridized carbons (Fsp3) is 0.286. The lowest BCUT2D eigenvalue weighted by Crippen LogP contribution is -2.12. The summed E-state index contributed by atoms with van der Waals surface area (Å²) in [6, 6.07) is 4.09. The molecule has 0 radical (unpaired) electrons. The van der Waals surface area contributed by atoms with E-state index in [1.165, 1.54) is 5.56 Å². The molecule has 46 valence electrons. The van der Waals surface area contributed by atoms with Crippen LogP contribution in [-0.4, -0.2) is 12.8 Å². The molecule has 1 nitrogen and oxygen atoms in total. The van der Waals surface area contributed by atoms with Crippen LogP contribution < -0.4 is 5.59 Å². The lowest BCUT2D eigenvalue weighted by atomic mass is 9.96. The zero-order valence-electron chi connectivity index (χ0n) is 5.89. The van der Waals surface area contributed by atoms with Crippen LogP contribution in [0.4, 0.5) is 0 Å². The van der Waals surface area contributed by atoms with E-state index in [1.807, 2.05) is 20.1 Å². The van der Waals surface area contributed by atoms with Gasteiger partial charge in [0.1, 0.15) is 0 Å². The topological polar surface area (TPSA) is 12.9 Å². The highest BCUT2D eigenvalue weighted by molar-refractivity contribution is 6.31. The molecular formula is C7H10BN. The maximum absolute atomic E-state index is 4.15. The first-order chi connectivity index (χ1) is 4.34. The van der Waals surface area contributed by atoms with Crippen LogP contribution in [0.2, 0.25) is 0 Å². The van der Waals surface area contributed by atoms with Crippen LogP contribution in [0.3, 0.4) is 0 Å². The van der Waals surface area contributed by atoms with Gasteiger partial charge in [-0.1, -0.05) is 13.0 Å². The molecule has 0 bridgehead atoms. The summed E-state index contributed by atoms with van der Waals surface area (Å²) >= 11 is 0. The number of pyridine rings is 1. The van der Waals surface area contributed by atoms with Crippen molar-refractivity contribution in [3.63, 3.8) is 0 Å². The van der Waals surface area contributed by atoms with Crippen LogP contribution in [0.25, 0.3) is 0 Å². The van der Waals surface area contributed by atoms with Crippen molar-refractivity contribution in [3.8, 4) is 0 Å². The molecule has 9 heavy (non-hydrogen) atoms. The minimum atomic E-state index is 1.08. The number of hydrogen-bond acceptors (Lipinski definition) is 1. The molecule has 0 saturated heterocycles. The molecule has 0 aliphatic carbocycles. The molecule has 0 aliphatic rings. The van der Waals surface area contributed by atoms with E-state index >= 15 is 0 Å². The zero-order valence-corrected chi connectivity index (χ0v) is 5.89. The Kier molecular flexibility index (Phi) is 1.88. The molecule has 2 heteroatoms. The highest BCUT2D eigenvalue weighted by atomic mass is 14.6. The normalized spacial score (nSPS) is 9.44. The molecule has 0 atom stereocenters. The van der Waals surface area contributed by atoms with Gasteiger partial charge in [0.15, 0.2) is 7.85 Å². The molecule has 1 aromatic heterocycles. The van der Waals surface area contributed by atoms with Gasteiger partial charge in [-0.25, -0.2) is 0 Å². The molecule has 0 aromatic carbocycles. The summed E-state index contributed by atoms with van der Waals surface area (Å²) in [5, 5.41) is 0. The van der Waals surface area contributed by atoms with Crippen LogP contribution in [0.5, 0.6) is 0 Å². The van der Waals surface area contributed by atoms with E-state index in [1.54, 1.807) is 0 Å². The summed E-state index contributed by atoms with van der Waals surface area (Å²) in [5.74, 6) is 0. The molecule has 0 amide bonds. The highest BCUT2D eigenvalue weighted by Gasteiger charge is 1.91. The summed E-state index contributed by atoms with van der Waals surface area (Å²) in [7, 11) is 2.04.